The number of aromatic amines is 1. The Morgan fingerprint density at radius 3 is 1.62 bits per heavy atom. The number of aliphatic hydroxyl groups is 1. The number of alkyl halides is 9. The van der Waals surface area contributed by atoms with E-state index in [-0.39, 0.29) is 13.4 Å². The number of hydroxylamine groups is 2. The summed E-state index contributed by atoms with van der Waals surface area (Å²) >= 11 is -0.931. The van der Waals surface area contributed by atoms with E-state index < -0.39 is 56.8 Å². The normalized spacial score (nSPS) is 15.1. The number of aliphatic hydroxyl groups excluding tert-OH is 1. The number of H-pyrrole nitrogens is 1. The minimum absolute atomic E-state index is 0. The Morgan fingerprint density at radius 1 is 0.904 bits per heavy atom. The van der Waals surface area contributed by atoms with Gasteiger partial charge in [-0.25, -0.2) is 0 Å². The number of carbonyl (C=O) groups excluding carboxylic acids is 1. The quantitative estimate of drug-likeness (QED) is 0.0261. The van der Waals surface area contributed by atoms with Crippen molar-refractivity contribution in [1.29, 1.82) is 0 Å². The van der Waals surface area contributed by atoms with Gasteiger partial charge in [0.25, 0.3) is 0 Å². The SMILES string of the molecule is CC(C)=O.COC(O)N1OC1C.Cc1cc2cc(C(F)(F)F)ccc2[nH]1.NNc1ccc(C(F)(F)F)cc1.Nc1ccc(C(F)(F)F)cc1.[2HH].[Cl][Zn][Cl]. The first-order chi connectivity index (χ1) is 23.9. The number of rotatable bonds is 3. The van der Waals surface area contributed by atoms with Crippen LogP contribution in [0, 0.1) is 6.92 Å². The third kappa shape index (κ3) is 20.2. The van der Waals surface area contributed by atoms with Gasteiger partial charge in [0.1, 0.15) is 5.78 Å². The molecule has 7 N–H and O–H groups in total. The van der Waals surface area contributed by atoms with E-state index in [1.54, 1.807) is 6.07 Å². The number of hydrogen-bond donors (Lipinski definition) is 5. The number of nitrogens with zero attached hydrogens (tertiary/aromatic N) is 1. The first-order valence-corrected chi connectivity index (χ1v) is 22.2. The van der Waals surface area contributed by atoms with E-state index in [0.29, 0.717) is 16.8 Å². The molecule has 290 valence electrons. The van der Waals surface area contributed by atoms with Crippen LogP contribution >= 0.6 is 19.4 Å². The summed E-state index contributed by atoms with van der Waals surface area (Å²) in [5.74, 6) is 5.14. The second-order valence-electron chi connectivity index (χ2n) is 10.2. The number of methoxy groups -OCH3 is 1. The summed E-state index contributed by atoms with van der Waals surface area (Å²) in [6.07, 6.45) is -13.7. The predicted octanol–water partition coefficient (Wildman–Crippen LogP) is 9.49. The van der Waals surface area contributed by atoms with E-state index in [9.17, 15) is 44.3 Å². The zero-order valence-corrected chi connectivity index (χ0v) is 32.7. The Bertz CT molecular complexity index is 1610. The van der Waals surface area contributed by atoms with Crippen molar-refractivity contribution in [3.63, 3.8) is 0 Å². The Kier molecular flexibility index (Phi) is 21.4. The molecule has 0 amide bonds. The number of nitrogen functional groups attached to an aromatic ring is 2. The number of hydrogen-bond acceptors (Lipinski definition) is 8. The molecule has 0 spiro atoms. The van der Waals surface area contributed by atoms with E-state index in [1.165, 1.54) is 56.4 Å². The van der Waals surface area contributed by atoms with E-state index in [0.717, 1.165) is 47.6 Å². The molecule has 52 heavy (non-hydrogen) atoms. The topological polar surface area (TPSA) is 142 Å². The summed E-state index contributed by atoms with van der Waals surface area (Å²) in [4.78, 5) is 17.1. The van der Waals surface area contributed by atoms with Gasteiger partial charge in [-0.2, -0.15) is 39.5 Å². The number of ketones is 1. The second kappa shape index (κ2) is 22.8. The number of Topliss-reactive ketones (excluding diaryl/α,β-unsaturated/α-hetero) is 1. The molecule has 1 saturated heterocycles. The van der Waals surface area contributed by atoms with Crippen LogP contribution in [0.2, 0.25) is 0 Å². The molecule has 0 bridgehead atoms. The molecule has 0 radical (unpaired) electrons. The standard InChI is InChI=1S/C10H8F3N.C7H7F3N2.C7H6F3N.C4H9NO3.C3H6O.2ClH.Zn.H2/c1-6-4-7-5-8(10(11,12)13)2-3-9(7)14-6;8-7(9,10)5-1-3-6(12-11)4-2-5;8-7(9,10)5-1-3-6(11)4-2-5;1-3-5(8-3)4(6)7-2;1-3(2)4;;;;/h2-5,14H,1H3;1-4,12H,11H2;1-4H,11H2;3-4,6H,1-2H3;1-2H3;2*1H;;1H/q;;;;;;;+2;/p-2/i;;;;;;;;1+1. The number of benzene rings is 3. The van der Waals surface area contributed by atoms with Crippen molar-refractivity contribution in [3.05, 3.63) is 95.2 Å². The van der Waals surface area contributed by atoms with Crippen molar-refractivity contribution in [1.82, 2.24) is 10.0 Å². The molecule has 5 rings (SSSR count). The number of ether oxygens (including phenoxy) is 1. The van der Waals surface area contributed by atoms with Crippen molar-refractivity contribution >= 4 is 47.4 Å². The van der Waals surface area contributed by atoms with E-state index in [1.807, 2.05) is 13.8 Å². The Balaban J connectivity index is 0. The Hall–Kier alpha value is -3.16. The van der Waals surface area contributed by atoms with Crippen LogP contribution in [-0.2, 0) is 48.0 Å². The monoisotopic (exact) mass is 850 g/mol. The minimum atomic E-state index is -4.28. The molecule has 9 nitrogen and oxygen atoms in total. The zero-order chi connectivity index (χ0) is 40.4. The summed E-state index contributed by atoms with van der Waals surface area (Å²) in [5, 5.41) is 10.7. The summed E-state index contributed by atoms with van der Waals surface area (Å²) in [5.41, 5.74) is 7.85. The van der Waals surface area contributed by atoms with Crippen LogP contribution in [0.5, 0.6) is 0 Å². The number of hydrazine groups is 1. The average molecular weight is 853 g/mol. The van der Waals surface area contributed by atoms with Gasteiger partial charge in [0.15, 0.2) is 6.23 Å². The Morgan fingerprint density at radius 2 is 1.29 bits per heavy atom. The van der Waals surface area contributed by atoms with Crippen LogP contribution in [0.1, 0.15) is 44.6 Å². The van der Waals surface area contributed by atoms with Crippen molar-refractivity contribution in [3.8, 4) is 0 Å². The van der Waals surface area contributed by atoms with Gasteiger partial charge in [-0.15, -0.1) is 5.06 Å². The van der Waals surface area contributed by atoms with E-state index >= 15 is 0 Å². The van der Waals surface area contributed by atoms with Crippen molar-refractivity contribution < 1.29 is 75.6 Å². The van der Waals surface area contributed by atoms with Gasteiger partial charge in [0.05, 0.1) is 16.7 Å². The Labute approximate surface area is 310 Å². The van der Waals surface area contributed by atoms with Crippen LogP contribution in [0.4, 0.5) is 50.9 Å². The van der Waals surface area contributed by atoms with Gasteiger partial charge in [-0.1, -0.05) is 0 Å². The number of carbonyl (C=O) groups is 1. The second-order valence-corrected chi connectivity index (χ2v) is 14.9. The predicted molar refractivity (Wildman–Crippen MR) is 179 cm³/mol. The molecule has 4 aromatic rings. The molecule has 1 aliphatic heterocycles. The fourth-order valence-electron chi connectivity index (χ4n) is 3.37. The molecular weight excluding hydrogens is 814 g/mol. The number of nitrogens with two attached hydrogens (primary N) is 2. The molecule has 0 saturated carbocycles. The van der Waals surface area contributed by atoms with Crippen molar-refractivity contribution in [2.75, 3.05) is 18.3 Å². The van der Waals surface area contributed by atoms with Crippen LogP contribution in [0.25, 0.3) is 10.9 Å². The molecule has 3 aromatic carbocycles. The molecule has 3 atom stereocenters. The molecule has 0 aliphatic carbocycles. The number of anilines is 2. The first kappa shape index (κ1) is 48.8. The van der Waals surface area contributed by atoms with Gasteiger partial charge in [0, 0.05) is 36.5 Å². The summed E-state index contributed by atoms with van der Waals surface area (Å²) in [6, 6.07) is 14.2. The van der Waals surface area contributed by atoms with E-state index in [4.69, 9.17) is 40.9 Å². The fourth-order valence-corrected chi connectivity index (χ4v) is 3.37. The maximum absolute atomic E-state index is 12.3. The van der Waals surface area contributed by atoms with Gasteiger partial charge in [-0.05, 0) is 100 Å². The number of aryl methyl sites for hydroxylation is 1. The fraction of sp³-hybridized carbons (Fsp3) is 0.323. The molecule has 3 unspecified atom stereocenters. The molecule has 2 heterocycles. The molecule has 21 heteroatoms. The zero-order valence-electron chi connectivity index (χ0n) is 28.2. The number of aromatic nitrogens is 1. The van der Waals surface area contributed by atoms with Gasteiger partial charge in [0.2, 0.25) is 6.41 Å². The van der Waals surface area contributed by atoms with Gasteiger partial charge >= 0.3 is 53.1 Å². The summed E-state index contributed by atoms with van der Waals surface area (Å²) in [7, 11) is 11.3. The van der Waals surface area contributed by atoms with Gasteiger partial charge < -0.3 is 30.8 Å². The van der Waals surface area contributed by atoms with Crippen molar-refractivity contribution in [2.45, 2.75) is 58.9 Å². The maximum atomic E-state index is 12.3. The molecule has 1 fully saturated rings. The number of halogens is 11. The molecule has 1 aliphatic rings. The van der Waals surface area contributed by atoms with Gasteiger partial charge in [-0.3, -0.25) is 10.7 Å². The molecular formula is C31H38Cl2F9N5O4Zn. The summed E-state index contributed by atoms with van der Waals surface area (Å²) < 4.78 is 113. The van der Waals surface area contributed by atoms with Crippen LogP contribution in [0.15, 0.2) is 72.8 Å². The third-order valence-electron chi connectivity index (χ3n) is 5.72. The number of fused-ring (bicyclic) bond motifs is 1. The summed E-state index contributed by atoms with van der Waals surface area (Å²) in [6.45, 7) is 6.69. The van der Waals surface area contributed by atoms with E-state index in [2.05, 4.69) is 15.1 Å². The molecule has 1 aromatic heterocycles. The van der Waals surface area contributed by atoms with Crippen molar-refractivity contribution in [2.24, 2.45) is 5.84 Å². The number of nitrogens with one attached hydrogen (secondary N) is 2. The first-order valence-electron chi connectivity index (χ1n) is 14.4. The van der Waals surface area contributed by atoms with Crippen LogP contribution in [0.3, 0.4) is 0 Å². The van der Waals surface area contributed by atoms with Crippen LogP contribution < -0.4 is 17.0 Å². The third-order valence-corrected chi connectivity index (χ3v) is 5.72. The van der Waals surface area contributed by atoms with Crippen LogP contribution in [-0.4, -0.2) is 40.7 Å². The average Bonchev–Trinajstić information content (AvgIpc) is 3.65.